The Morgan fingerprint density at radius 2 is 1.34 bits per heavy atom. The van der Waals surface area contributed by atoms with Crippen LogP contribution in [0.3, 0.4) is 0 Å². The maximum absolute atomic E-state index is 12.3. The third-order valence-corrected chi connectivity index (χ3v) is 5.70. The topological polar surface area (TPSA) is 41.1 Å². The second-order valence-electron chi connectivity index (χ2n) is 7.48. The number of hydrogen-bond donors (Lipinski definition) is 2. The molecule has 166 valence electrons. The number of alkyl halides is 3. The van der Waals surface area contributed by atoms with Crippen molar-refractivity contribution in [1.82, 2.24) is 5.32 Å². The minimum atomic E-state index is -1.67. The van der Waals surface area contributed by atoms with Crippen LogP contribution in [-0.2, 0) is 4.79 Å². The normalized spacial score (nSPS) is 12.6. The maximum atomic E-state index is 12.3. The molecule has 0 fully saturated rings. The van der Waals surface area contributed by atoms with Crippen LogP contribution in [0.25, 0.3) is 0 Å². The van der Waals surface area contributed by atoms with Crippen LogP contribution < -0.4 is 10.6 Å². The van der Waals surface area contributed by atoms with Gasteiger partial charge in [-0.1, -0.05) is 118 Å². The molecule has 29 heavy (non-hydrogen) atoms. The summed E-state index contributed by atoms with van der Waals surface area (Å²) in [6.45, 7) is 2.24. The maximum Gasteiger partial charge on any atom is 0.228 e. The fourth-order valence-corrected chi connectivity index (χ4v) is 3.55. The monoisotopic (exact) mass is 482 g/mol. The highest BCUT2D eigenvalue weighted by Gasteiger charge is 2.33. The number of anilines is 1. The molecule has 0 aromatic heterocycles. The van der Waals surface area contributed by atoms with E-state index in [1.165, 1.54) is 57.8 Å². The molecule has 2 N–H and O–H groups in total. The summed E-state index contributed by atoms with van der Waals surface area (Å²) < 4.78 is -1.67. The average Bonchev–Trinajstić information content (AvgIpc) is 2.66. The smallest absolute Gasteiger partial charge is 0.228 e. The van der Waals surface area contributed by atoms with Gasteiger partial charge in [0.15, 0.2) is 0 Å². The number of halogens is 4. The molecule has 1 amide bonds. The predicted octanol–water partition coefficient (Wildman–Crippen LogP) is 8.27. The van der Waals surface area contributed by atoms with Gasteiger partial charge in [0, 0.05) is 17.1 Å². The van der Waals surface area contributed by atoms with Crippen LogP contribution in [0, 0.1) is 0 Å². The molecule has 0 unspecified atom stereocenters. The molecule has 1 rings (SSSR count). The highest BCUT2D eigenvalue weighted by molar-refractivity contribution is 6.68. The third-order valence-electron chi connectivity index (χ3n) is 4.80. The van der Waals surface area contributed by atoms with E-state index in [1.54, 1.807) is 24.3 Å². The van der Waals surface area contributed by atoms with E-state index in [0.717, 1.165) is 12.8 Å². The highest BCUT2D eigenvalue weighted by Crippen LogP contribution is 2.31. The number of nitrogens with one attached hydrogen (secondary N) is 2. The Labute approximate surface area is 196 Å². The zero-order valence-corrected chi connectivity index (χ0v) is 20.3. The van der Waals surface area contributed by atoms with Crippen LogP contribution in [-0.4, -0.2) is 15.9 Å². The molecule has 0 heterocycles. The Morgan fingerprint density at radius 1 is 0.862 bits per heavy atom. The van der Waals surface area contributed by atoms with E-state index in [-0.39, 0.29) is 5.91 Å². The van der Waals surface area contributed by atoms with Crippen molar-refractivity contribution in [1.29, 1.82) is 0 Å². The van der Waals surface area contributed by atoms with Crippen LogP contribution in [0.5, 0.6) is 0 Å². The molecule has 0 saturated heterocycles. The van der Waals surface area contributed by atoms with Crippen LogP contribution in [0.2, 0.25) is 5.02 Å². The number of carbonyl (C=O) groups excluding carboxylic acids is 1. The lowest BCUT2D eigenvalue weighted by molar-refractivity contribution is -0.121. The average molecular weight is 484 g/mol. The number of amides is 1. The van der Waals surface area contributed by atoms with Gasteiger partial charge in [0.2, 0.25) is 9.70 Å². The fourth-order valence-electron chi connectivity index (χ4n) is 3.10. The third kappa shape index (κ3) is 13.5. The number of unbranched alkanes of at least 4 members (excludes halogenated alkanes) is 10. The lowest BCUT2D eigenvalue weighted by atomic mass is 10.1. The summed E-state index contributed by atoms with van der Waals surface area (Å²) in [6, 6.07) is 6.99. The van der Waals surface area contributed by atoms with E-state index < -0.39 is 9.96 Å². The summed E-state index contributed by atoms with van der Waals surface area (Å²) in [5.74, 6) is -0.126. The molecule has 0 spiro atoms. The van der Waals surface area contributed by atoms with Crippen molar-refractivity contribution in [2.24, 2.45) is 0 Å². The first-order chi connectivity index (χ1) is 13.8. The first kappa shape index (κ1) is 26.7. The summed E-state index contributed by atoms with van der Waals surface area (Å²) in [4.78, 5) is 12.3. The van der Waals surface area contributed by atoms with Gasteiger partial charge in [0.1, 0.15) is 6.17 Å². The molecular formula is C22H34Cl4N2O. The van der Waals surface area contributed by atoms with Crippen molar-refractivity contribution in [3.63, 3.8) is 0 Å². The summed E-state index contributed by atoms with van der Waals surface area (Å²) in [6.07, 6.45) is 13.3. The number of benzene rings is 1. The van der Waals surface area contributed by atoms with Gasteiger partial charge in [-0.05, 0) is 30.7 Å². The molecule has 0 radical (unpaired) electrons. The van der Waals surface area contributed by atoms with Crippen molar-refractivity contribution in [2.45, 2.75) is 93.9 Å². The SMILES string of the molecule is CCCCCCCCCCCCCC(=O)N[C@@H](Nc1ccc(Cl)cc1)C(Cl)(Cl)Cl. The van der Waals surface area contributed by atoms with Gasteiger partial charge in [-0.25, -0.2) is 0 Å². The van der Waals surface area contributed by atoms with Gasteiger partial charge in [0.25, 0.3) is 0 Å². The molecule has 0 bridgehead atoms. The Bertz CT molecular complexity index is 561. The van der Waals surface area contributed by atoms with Gasteiger partial charge in [0.05, 0.1) is 0 Å². The van der Waals surface area contributed by atoms with Crippen molar-refractivity contribution < 1.29 is 4.79 Å². The van der Waals surface area contributed by atoms with E-state index in [2.05, 4.69) is 17.6 Å². The Hall–Kier alpha value is -0.350. The van der Waals surface area contributed by atoms with Gasteiger partial charge >= 0.3 is 0 Å². The van der Waals surface area contributed by atoms with E-state index in [1.807, 2.05) is 0 Å². The molecule has 1 atom stereocenters. The lowest BCUT2D eigenvalue weighted by Gasteiger charge is -2.27. The summed E-state index contributed by atoms with van der Waals surface area (Å²) >= 11 is 24.0. The minimum absolute atomic E-state index is 0.126. The molecule has 7 heteroatoms. The fraction of sp³-hybridized carbons (Fsp3) is 0.682. The number of hydrogen-bond acceptors (Lipinski definition) is 2. The van der Waals surface area contributed by atoms with Crippen LogP contribution >= 0.6 is 46.4 Å². The van der Waals surface area contributed by atoms with Crippen molar-refractivity contribution in [3.8, 4) is 0 Å². The second kappa shape index (κ2) is 15.5. The first-order valence-electron chi connectivity index (χ1n) is 10.7. The molecule has 0 aliphatic heterocycles. The molecule has 0 aliphatic rings. The standard InChI is InChI=1S/C22H34Cl4N2O/c1-2-3-4-5-6-7-8-9-10-11-12-13-20(29)28-21(22(24,25)26)27-19-16-14-18(23)15-17-19/h14-17,21,27H,2-13H2,1H3,(H,28,29)/t21-/m1/s1. The van der Waals surface area contributed by atoms with Gasteiger partial charge in [-0.15, -0.1) is 0 Å². The molecule has 1 aromatic rings. The first-order valence-corrected chi connectivity index (χ1v) is 12.2. The van der Waals surface area contributed by atoms with Gasteiger partial charge in [-0.3, -0.25) is 4.79 Å². The van der Waals surface area contributed by atoms with E-state index in [9.17, 15) is 4.79 Å². The Morgan fingerprint density at radius 3 is 1.83 bits per heavy atom. The quantitative estimate of drug-likeness (QED) is 0.150. The summed E-state index contributed by atoms with van der Waals surface area (Å²) in [7, 11) is 0. The molecule has 0 saturated carbocycles. The number of carbonyl (C=O) groups is 1. The van der Waals surface area contributed by atoms with Crippen LogP contribution in [0.1, 0.15) is 84.0 Å². The van der Waals surface area contributed by atoms with Crippen molar-refractivity contribution in [3.05, 3.63) is 29.3 Å². The second-order valence-corrected chi connectivity index (χ2v) is 10.3. The molecule has 0 aliphatic carbocycles. The molecule has 1 aromatic carbocycles. The van der Waals surface area contributed by atoms with Gasteiger partial charge < -0.3 is 10.6 Å². The zero-order valence-electron chi connectivity index (χ0n) is 17.3. The zero-order chi connectivity index (χ0) is 21.5. The van der Waals surface area contributed by atoms with Crippen LogP contribution in [0.15, 0.2) is 24.3 Å². The summed E-state index contributed by atoms with van der Waals surface area (Å²) in [5.41, 5.74) is 0.709. The lowest BCUT2D eigenvalue weighted by Crippen LogP contribution is -2.49. The van der Waals surface area contributed by atoms with E-state index in [4.69, 9.17) is 46.4 Å². The van der Waals surface area contributed by atoms with Gasteiger partial charge in [-0.2, -0.15) is 0 Å². The minimum Gasteiger partial charge on any atom is -0.362 e. The van der Waals surface area contributed by atoms with E-state index in [0.29, 0.717) is 17.1 Å². The molecular weight excluding hydrogens is 450 g/mol. The molecule has 3 nitrogen and oxygen atoms in total. The van der Waals surface area contributed by atoms with E-state index >= 15 is 0 Å². The summed E-state index contributed by atoms with van der Waals surface area (Å²) in [5, 5.41) is 6.42. The van der Waals surface area contributed by atoms with Crippen molar-refractivity contribution >= 4 is 58.0 Å². The predicted molar refractivity (Wildman–Crippen MR) is 128 cm³/mol. The number of rotatable bonds is 15. The Kier molecular flexibility index (Phi) is 14.2. The Balaban J connectivity index is 2.19. The highest BCUT2D eigenvalue weighted by atomic mass is 35.6. The largest absolute Gasteiger partial charge is 0.362 e. The van der Waals surface area contributed by atoms with Crippen molar-refractivity contribution in [2.75, 3.05) is 5.32 Å². The van der Waals surface area contributed by atoms with Crippen LogP contribution in [0.4, 0.5) is 5.69 Å².